The summed E-state index contributed by atoms with van der Waals surface area (Å²) in [4.78, 5) is 17.0. The van der Waals surface area contributed by atoms with Crippen molar-refractivity contribution in [2.45, 2.75) is 13.0 Å². The van der Waals surface area contributed by atoms with Crippen LogP contribution in [0, 0.1) is 16.0 Å². The van der Waals surface area contributed by atoms with Crippen LogP contribution < -0.4 is 0 Å². The largest absolute Gasteiger partial charge is 0.381 e. The van der Waals surface area contributed by atoms with E-state index in [1.165, 1.54) is 5.56 Å². The second-order valence-corrected chi connectivity index (χ2v) is 6.39. The fraction of sp³-hybridized carbons (Fsp3) is 0.562. The summed E-state index contributed by atoms with van der Waals surface area (Å²) < 4.78 is 5.44. The van der Waals surface area contributed by atoms with Crippen LogP contribution in [0.5, 0.6) is 0 Å². The summed E-state index contributed by atoms with van der Waals surface area (Å²) in [5.41, 5.74) is 1.23. The predicted octanol–water partition coefficient (Wildman–Crippen LogP) is 1.24. The summed E-state index contributed by atoms with van der Waals surface area (Å²) in [6.07, 6.45) is 0.991. The van der Waals surface area contributed by atoms with E-state index in [1.807, 2.05) is 35.0 Å². The van der Waals surface area contributed by atoms with Gasteiger partial charge in [0.1, 0.15) is 5.10 Å². The van der Waals surface area contributed by atoms with Crippen molar-refractivity contribution < 1.29 is 9.77 Å². The lowest BCUT2D eigenvalue weighted by Gasteiger charge is -2.42. The Morgan fingerprint density at radius 1 is 1.33 bits per heavy atom. The van der Waals surface area contributed by atoms with E-state index in [0.29, 0.717) is 31.8 Å². The highest BCUT2D eigenvalue weighted by Crippen LogP contribution is 2.19. The monoisotopic (exact) mass is 333 g/mol. The minimum atomic E-state index is -0.614. The number of rotatable bonds is 5. The van der Waals surface area contributed by atoms with Crippen LogP contribution in [0.1, 0.15) is 12.0 Å². The van der Waals surface area contributed by atoms with Crippen LogP contribution in [0.15, 0.2) is 35.4 Å². The van der Waals surface area contributed by atoms with Crippen molar-refractivity contribution in [2.24, 2.45) is 11.0 Å². The van der Waals surface area contributed by atoms with Gasteiger partial charge in [-0.25, -0.2) is 10.1 Å². The van der Waals surface area contributed by atoms with Gasteiger partial charge in [-0.2, -0.15) is 0 Å². The SMILES string of the molecule is CN1CN(Cc2ccccc2)CN(CC2CCOC2)C1=N[N+](=O)[O-]. The number of hydrogen-bond acceptors (Lipinski definition) is 4. The fourth-order valence-corrected chi connectivity index (χ4v) is 3.29. The van der Waals surface area contributed by atoms with Crippen molar-refractivity contribution in [3.05, 3.63) is 46.0 Å². The Morgan fingerprint density at radius 3 is 2.79 bits per heavy atom. The predicted molar refractivity (Wildman–Crippen MR) is 89.5 cm³/mol. The van der Waals surface area contributed by atoms with E-state index in [0.717, 1.165) is 26.1 Å². The molecule has 2 aliphatic rings. The molecule has 0 amide bonds. The molecule has 130 valence electrons. The standard InChI is InChI=1S/C16H23N5O3/c1-18-12-19(9-14-5-3-2-4-6-14)13-20(16(18)17-21(22)23)10-15-7-8-24-11-15/h2-6,15H,7-13H2,1H3. The Bertz CT molecular complexity index is 589. The van der Waals surface area contributed by atoms with Crippen LogP contribution in [0.3, 0.4) is 0 Å². The lowest BCUT2D eigenvalue weighted by molar-refractivity contribution is -0.486. The lowest BCUT2D eigenvalue weighted by Crippen LogP contribution is -2.58. The van der Waals surface area contributed by atoms with Crippen molar-refractivity contribution in [3.8, 4) is 0 Å². The summed E-state index contributed by atoms with van der Waals surface area (Å²) in [5, 5.41) is 13.9. The molecule has 2 fully saturated rings. The molecule has 0 aromatic heterocycles. The van der Waals surface area contributed by atoms with E-state index >= 15 is 0 Å². The molecule has 2 heterocycles. The van der Waals surface area contributed by atoms with E-state index < -0.39 is 5.03 Å². The van der Waals surface area contributed by atoms with E-state index in [1.54, 1.807) is 0 Å². The van der Waals surface area contributed by atoms with E-state index in [-0.39, 0.29) is 0 Å². The van der Waals surface area contributed by atoms with Crippen LogP contribution in [0.2, 0.25) is 0 Å². The van der Waals surface area contributed by atoms with Crippen LogP contribution in [-0.4, -0.2) is 65.8 Å². The smallest absolute Gasteiger partial charge is 0.275 e. The average molecular weight is 333 g/mol. The second kappa shape index (κ2) is 7.59. The van der Waals surface area contributed by atoms with Crippen molar-refractivity contribution in [1.82, 2.24) is 14.7 Å². The molecule has 1 aromatic rings. The molecule has 24 heavy (non-hydrogen) atoms. The van der Waals surface area contributed by atoms with Gasteiger partial charge in [0.05, 0.1) is 19.9 Å². The molecule has 0 bridgehead atoms. The van der Waals surface area contributed by atoms with Gasteiger partial charge in [-0.05, 0) is 12.0 Å². The number of nitro groups is 1. The van der Waals surface area contributed by atoms with E-state index in [2.05, 4.69) is 22.1 Å². The van der Waals surface area contributed by atoms with E-state index in [4.69, 9.17) is 4.74 Å². The molecule has 8 heteroatoms. The number of nitrogens with zero attached hydrogens (tertiary/aromatic N) is 5. The van der Waals surface area contributed by atoms with Gasteiger partial charge in [0.15, 0.2) is 5.03 Å². The first-order chi connectivity index (χ1) is 11.6. The van der Waals surface area contributed by atoms with Crippen LogP contribution >= 0.6 is 0 Å². The van der Waals surface area contributed by atoms with Gasteiger partial charge in [-0.15, -0.1) is 0 Å². The molecule has 2 aliphatic heterocycles. The van der Waals surface area contributed by atoms with Crippen LogP contribution in [0.25, 0.3) is 0 Å². The Morgan fingerprint density at radius 2 is 2.12 bits per heavy atom. The number of hydrazone groups is 1. The first-order valence-electron chi connectivity index (χ1n) is 8.15. The Balaban J connectivity index is 1.72. The summed E-state index contributed by atoms with van der Waals surface area (Å²) >= 11 is 0. The molecule has 3 rings (SSSR count). The van der Waals surface area contributed by atoms with Crippen molar-refractivity contribution in [3.63, 3.8) is 0 Å². The molecule has 1 aromatic carbocycles. The maximum atomic E-state index is 10.9. The first kappa shape index (κ1) is 16.7. The van der Waals surface area contributed by atoms with Gasteiger partial charge in [0.2, 0.25) is 0 Å². The Hall–Kier alpha value is -2.19. The molecule has 0 radical (unpaired) electrons. The lowest BCUT2D eigenvalue weighted by atomic mass is 10.1. The highest BCUT2D eigenvalue weighted by Gasteiger charge is 2.31. The number of ether oxygens (including phenoxy) is 1. The average Bonchev–Trinajstić information content (AvgIpc) is 3.04. The van der Waals surface area contributed by atoms with Gasteiger partial charge in [0, 0.05) is 32.7 Å². The zero-order valence-electron chi connectivity index (χ0n) is 13.9. The van der Waals surface area contributed by atoms with E-state index in [9.17, 15) is 10.1 Å². The number of guanidine groups is 1. The minimum absolute atomic E-state index is 0.395. The topological polar surface area (TPSA) is 74.5 Å². The Labute approximate surface area is 141 Å². The highest BCUT2D eigenvalue weighted by molar-refractivity contribution is 5.79. The molecule has 1 atom stereocenters. The molecule has 1 unspecified atom stereocenters. The molecule has 8 nitrogen and oxygen atoms in total. The van der Waals surface area contributed by atoms with Gasteiger partial charge < -0.3 is 14.5 Å². The van der Waals surface area contributed by atoms with Crippen molar-refractivity contribution in [2.75, 3.05) is 40.1 Å². The minimum Gasteiger partial charge on any atom is -0.381 e. The summed E-state index contributed by atoms with van der Waals surface area (Å²) in [6, 6.07) is 10.2. The van der Waals surface area contributed by atoms with Crippen LogP contribution in [-0.2, 0) is 11.3 Å². The summed E-state index contributed by atoms with van der Waals surface area (Å²) in [7, 11) is 1.84. The molecule has 0 N–H and O–H groups in total. The molecule has 0 saturated carbocycles. The maximum Gasteiger partial charge on any atom is 0.275 e. The third-order valence-corrected chi connectivity index (χ3v) is 4.33. The molecular formula is C16H23N5O3. The zero-order chi connectivity index (χ0) is 16.9. The van der Waals surface area contributed by atoms with Crippen molar-refractivity contribution in [1.29, 1.82) is 0 Å². The summed E-state index contributed by atoms with van der Waals surface area (Å²) in [6.45, 7) is 4.24. The fourth-order valence-electron chi connectivity index (χ4n) is 3.29. The van der Waals surface area contributed by atoms with Gasteiger partial charge in [-0.3, -0.25) is 4.90 Å². The maximum absolute atomic E-state index is 10.9. The third kappa shape index (κ3) is 4.21. The molecule has 2 saturated heterocycles. The van der Waals surface area contributed by atoms with Gasteiger partial charge in [0.25, 0.3) is 5.96 Å². The normalized spacial score (nSPS) is 23.9. The third-order valence-electron chi connectivity index (χ3n) is 4.33. The number of hydrogen-bond donors (Lipinski definition) is 0. The highest BCUT2D eigenvalue weighted by atomic mass is 16.7. The van der Waals surface area contributed by atoms with Gasteiger partial charge >= 0.3 is 0 Å². The second-order valence-electron chi connectivity index (χ2n) is 6.39. The Kier molecular flexibility index (Phi) is 5.27. The molecule has 0 aliphatic carbocycles. The van der Waals surface area contributed by atoms with Gasteiger partial charge in [-0.1, -0.05) is 30.3 Å². The summed E-state index contributed by atoms with van der Waals surface area (Å²) in [5.74, 6) is 0.822. The quantitative estimate of drug-likeness (QED) is 0.596. The molecule has 0 spiro atoms. The number of benzene rings is 1. The zero-order valence-corrected chi connectivity index (χ0v) is 13.9. The first-order valence-corrected chi connectivity index (χ1v) is 8.15. The molecular weight excluding hydrogens is 310 g/mol. The van der Waals surface area contributed by atoms with Crippen LogP contribution in [0.4, 0.5) is 0 Å². The van der Waals surface area contributed by atoms with Crippen molar-refractivity contribution >= 4 is 5.96 Å².